The second kappa shape index (κ2) is 5.83. The zero-order valence-corrected chi connectivity index (χ0v) is 11.5. The Morgan fingerprint density at radius 3 is 2.76 bits per heavy atom. The number of rotatable bonds is 2. The molecule has 0 radical (unpaired) electrons. The predicted octanol–water partition coefficient (Wildman–Crippen LogP) is 1.01. The maximum absolute atomic E-state index is 12.6. The molecule has 21 heavy (non-hydrogen) atoms. The zero-order valence-electron chi connectivity index (χ0n) is 11.5. The summed E-state index contributed by atoms with van der Waals surface area (Å²) in [5, 5.41) is 9.31. The molecule has 0 spiro atoms. The molecule has 1 aromatic rings. The molecular weight excluding hydrogens is 274 g/mol. The van der Waals surface area contributed by atoms with Crippen LogP contribution in [-0.2, 0) is 19.1 Å². The topological polar surface area (TPSA) is 76.1 Å². The fraction of sp³-hybridized carbons (Fsp3) is 0.467. The average Bonchev–Trinajstić information content (AvgIpc) is 2.54. The Bertz CT molecular complexity index is 553. The number of carboxylic acid groups (broad SMARTS) is 1. The molecule has 6 heteroatoms. The van der Waals surface area contributed by atoms with Gasteiger partial charge in [0, 0.05) is 12.2 Å². The van der Waals surface area contributed by atoms with Crippen LogP contribution in [0, 0.1) is 0 Å². The van der Waals surface area contributed by atoms with Gasteiger partial charge < -0.3 is 19.5 Å². The summed E-state index contributed by atoms with van der Waals surface area (Å²) in [5.41, 5.74) is 1.34. The maximum Gasteiger partial charge on any atom is 0.311 e. The second-order valence-electron chi connectivity index (χ2n) is 5.16. The van der Waals surface area contributed by atoms with E-state index in [0.29, 0.717) is 37.4 Å². The summed E-state index contributed by atoms with van der Waals surface area (Å²) in [4.78, 5) is 25.5. The zero-order chi connectivity index (χ0) is 14.8. The number of carbonyl (C=O) groups excluding carboxylic acids is 1. The van der Waals surface area contributed by atoms with Gasteiger partial charge in [0.2, 0.25) is 0 Å². The standard InChI is InChI=1S/C15H17NO5/c17-14(13-9-20-7-8-21-13)16-6-5-11(15(18)19)10-3-1-2-4-12(10)16/h1-4,11,13H,5-9H2,(H,18,19). The van der Waals surface area contributed by atoms with Gasteiger partial charge in [0.25, 0.3) is 5.91 Å². The Morgan fingerprint density at radius 2 is 2.05 bits per heavy atom. The fourth-order valence-electron chi connectivity index (χ4n) is 2.85. The highest BCUT2D eigenvalue weighted by molar-refractivity contribution is 5.99. The number of hydrogen-bond acceptors (Lipinski definition) is 4. The van der Waals surface area contributed by atoms with Gasteiger partial charge in [-0.05, 0) is 18.1 Å². The molecule has 2 aliphatic heterocycles. The first-order valence-corrected chi connectivity index (χ1v) is 7.01. The average molecular weight is 291 g/mol. The summed E-state index contributed by atoms with van der Waals surface area (Å²) in [6.07, 6.45) is -0.195. The highest BCUT2D eigenvalue weighted by atomic mass is 16.6. The highest BCUT2D eigenvalue weighted by Gasteiger charge is 2.35. The minimum absolute atomic E-state index is 0.161. The Labute approximate surface area is 122 Å². The van der Waals surface area contributed by atoms with Crippen LogP contribution >= 0.6 is 0 Å². The number of para-hydroxylation sites is 1. The molecule has 0 aromatic heterocycles. The number of benzene rings is 1. The molecule has 2 atom stereocenters. The van der Waals surface area contributed by atoms with Crippen molar-refractivity contribution in [3.63, 3.8) is 0 Å². The minimum Gasteiger partial charge on any atom is -0.481 e. The molecule has 3 rings (SSSR count). The van der Waals surface area contributed by atoms with Crippen LogP contribution in [-0.4, -0.2) is 49.5 Å². The predicted molar refractivity (Wildman–Crippen MR) is 74.3 cm³/mol. The molecule has 2 unspecified atom stereocenters. The van der Waals surface area contributed by atoms with Gasteiger partial charge in [-0.15, -0.1) is 0 Å². The molecule has 112 valence electrons. The van der Waals surface area contributed by atoms with Gasteiger partial charge in [0.05, 0.1) is 25.7 Å². The third kappa shape index (κ3) is 2.64. The first kappa shape index (κ1) is 14.0. The van der Waals surface area contributed by atoms with E-state index in [9.17, 15) is 14.7 Å². The lowest BCUT2D eigenvalue weighted by Crippen LogP contribution is -2.48. The fourth-order valence-corrected chi connectivity index (χ4v) is 2.85. The van der Waals surface area contributed by atoms with Gasteiger partial charge in [0.1, 0.15) is 0 Å². The number of carbonyl (C=O) groups is 2. The van der Waals surface area contributed by atoms with Crippen molar-refractivity contribution in [2.24, 2.45) is 0 Å². The van der Waals surface area contributed by atoms with Gasteiger partial charge >= 0.3 is 5.97 Å². The van der Waals surface area contributed by atoms with Crippen LogP contribution in [0.1, 0.15) is 17.9 Å². The van der Waals surface area contributed by atoms with Crippen molar-refractivity contribution in [1.82, 2.24) is 0 Å². The first-order valence-electron chi connectivity index (χ1n) is 7.01. The molecule has 1 saturated heterocycles. The van der Waals surface area contributed by atoms with E-state index in [2.05, 4.69) is 0 Å². The molecule has 0 bridgehead atoms. The van der Waals surface area contributed by atoms with E-state index in [0.717, 1.165) is 0 Å². The van der Waals surface area contributed by atoms with Crippen LogP contribution in [0.2, 0.25) is 0 Å². The Hall–Kier alpha value is -1.92. The monoisotopic (exact) mass is 291 g/mol. The van der Waals surface area contributed by atoms with E-state index in [1.54, 1.807) is 23.1 Å². The highest BCUT2D eigenvalue weighted by Crippen LogP contribution is 2.35. The Morgan fingerprint density at radius 1 is 1.24 bits per heavy atom. The van der Waals surface area contributed by atoms with E-state index < -0.39 is 18.0 Å². The van der Waals surface area contributed by atoms with Gasteiger partial charge in [-0.25, -0.2) is 0 Å². The van der Waals surface area contributed by atoms with Crippen molar-refractivity contribution < 1.29 is 24.2 Å². The van der Waals surface area contributed by atoms with E-state index >= 15 is 0 Å². The number of fused-ring (bicyclic) bond motifs is 1. The van der Waals surface area contributed by atoms with Gasteiger partial charge in [-0.3, -0.25) is 9.59 Å². The Balaban J connectivity index is 1.88. The summed E-state index contributed by atoms with van der Waals surface area (Å²) in [5.74, 6) is -1.58. The van der Waals surface area contributed by atoms with E-state index in [1.807, 2.05) is 6.07 Å². The maximum atomic E-state index is 12.6. The third-order valence-corrected chi connectivity index (χ3v) is 3.90. The van der Waals surface area contributed by atoms with Crippen LogP contribution in [0.3, 0.4) is 0 Å². The molecule has 1 fully saturated rings. The number of ether oxygens (including phenoxy) is 2. The Kier molecular flexibility index (Phi) is 3.90. The largest absolute Gasteiger partial charge is 0.481 e. The van der Waals surface area contributed by atoms with E-state index in [1.165, 1.54) is 0 Å². The molecule has 1 N–H and O–H groups in total. The molecule has 0 saturated carbocycles. The molecule has 6 nitrogen and oxygen atoms in total. The van der Waals surface area contributed by atoms with Crippen molar-refractivity contribution in [3.8, 4) is 0 Å². The molecule has 1 amide bonds. The quantitative estimate of drug-likeness (QED) is 0.880. The number of anilines is 1. The SMILES string of the molecule is O=C(O)C1CCN(C(=O)C2COCCO2)c2ccccc21. The second-order valence-corrected chi connectivity index (χ2v) is 5.16. The van der Waals surface area contributed by atoms with Crippen LogP contribution in [0.25, 0.3) is 0 Å². The van der Waals surface area contributed by atoms with Crippen molar-refractivity contribution >= 4 is 17.6 Å². The number of nitrogens with zero attached hydrogens (tertiary/aromatic N) is 1. The summed E-state index contributed by atoms with van der Waals surface area (Å²) in [6.45, 7) is 1.54. The minimum atomic E-state index is -0.855. The normalized spacial score (nSPS) is 25.2. The van der Waals surface area contributed by atoms with Gasteiger partial charge in [-0.2, -0.15) is 0 Å². The lowest BCUT2D eigenvalue weighted by atomic mass is 9.89. The van der Waals surface area contributed by atoms with Crippen LogP contribution in [0.5, 0.6) is 0 Å². The summed E-state index contributed by atoms with van der Waals surface area (Å²) >= 11 is 0. The van der Waals surface area contributed by atoms with Crippen molar-refractivity contribution in [3.05, 3.63) is 29.8 Å². The van der Waals surface area contributed by atoms with E-state index in [4.69, 9.17) is 9.47 Å². The van der Waals surface area contributed by atoms with Gasteiger partial charge in [-0.1, -0.05) is 18.2 Å². The first-order chi connectivity index (χ1) is 10.2. The van der Waals surface area contributed by atoms with Crippen molar-refractivity contribution in [2.45, 2.75) is 18.4 Å². The van der Waals surface area contributed by atoms with Crippen LogP contribution in [0.4, 0.5) is 5.69 Å². The number of aliphatic carboxylic acids is 1. The smallest absolute Gasteiger partial charge is 0.311 e. The van der Waals surface area contributed by atoms with Crippen molar-refractivity contribution in [2.75, 3.05) is 31.3 Å². The molecule has 1 aromatic carbocycles. The lowest BCUT2D eigenvalue weighted by molar-refractivity contribution is -0.145. The molecule has 2 heterocycles. The van der Waals surface area contributed by atoms with Crippen LogP contribution in [0.15, 0.2) is 24.3 Å². The molecule has 0 aliphatic carbocycles. The van der Waals surface area contributed by atoms with Crippen molar-refractivity contribution in [1.29, 1.82) is 0 Å². The summed E-state index contributed by atoms with van der Waals surface area (Å²) < 4.78 is 10.7. The molecule has 2 aliphatic rings. The lowest BCUT2D eigenvalue weighted by Gasteiger charge is -2.35. The molecular formula is C15H17NO5. The number of carboxylic acids is 1. The third-order valence-electron chi connectivity index (χ3n) is 3.90. The van der Waals surface area contributed by atoms with Crippen LogP contribution < -0.4 is 4.90 Å². The summed E-state index contributed by atoms with van der Waals surface area (Å²) in [6, 6.07) is 7.16. The van der Waals surface area contributed by atoms with E-state index in [-0.39, 0.29) is 12.5 Å². The van der Waals surface area contributed by atoms with Gasteiger partial charge in [0.15, 0.2) is 6.10 Å². The number of amides is 1. The summed E-state index contributed by atoms with van der Waals surface area (Å²) in [7, 11) is 0. The number of hydrogen-bond donors (Lipinski definition) is 1.